The maximum atomic E-state index is 12.5. The van der Waals surface area contributed by atoms with Crippen molar-refractivity contribution < 1.29 is 24.9 Å². The molecule has 0 radical (unpaired) electrons. The fourth-order valence-corrected chi connectivity index (χ4v) is 2.89. The number of phenolic OH excluding ortho intramolecular Hbond substituents is 3. The van der Waals surface area contributed by atoms with Crippen molar-refractivity contribution in [2.24, 2.45) is 0 Å². The van der Waals surface area contributed by atoms with Gasteiger partial charge in [-0.05, 0) is 36.4 Å². The van der Waals surface area contributed by atoms with Crippen molar-refractivity contribution in [1.29, 1.82) is 0 Å². The largest absolute Gasteiger partial charge is 0.508 e. The van der Waals surface area contributed by atoms with E-state index < -0.39 is 0 Å². The van der Waals surface area contributed by atoms with E-state index in [1.165, 1.54) is 42.5 Å². The van der Waals surface area contributed by atoms with Crippen LogP contribution in [-0.2, 0) is 4.79 Å². The van der Waals surface area contributed by atoms with Gasteiger partial charge in [-0.3, -0.25) is 9.59 Å². The van der Waals surface area contributed by atoms with E-state index in [1.807, 2.05) is 0 Å². The van der Waals surface area contributed by atoms with Crippen molar-refractivity contribution >= 4 is 17.9 Å². The molecule has 2 aromatic rings. The summed E-state index contributed by atoms with van der Waals surface area (Å²) in [5.41, 5.74) is 0.844. The summed E-state index contributed by atoms with van der Waals surface area (Å²) in [5, 5.41) is 28.5. The number of carbonyl (C=O) groups excluding carboxylic acids is 2. The van der Waals surface area contributed by atoms with Crippen LogP contribution in [0.15, 0.2) is 48.5 Å². The summed E-state index contributed by atoms with van der Waals surface area (Å²) >= 11 is 0. The van der Waals surface area contributed by atoms with Crippen LogP contribution in [0.1, 0.15) is 15.9 Å². The summed E-state index contributed by atoms with van der Waals surface area (Å²) in [7, 11) is 0. The number of hydrogen-bond donors (Lipinski definition) is 3. The smallest absolute Gasteiger partial charge is 0.254 e. The molecule has 0 saturated carbocycles. The Hall–Kier alpha value is -3.48. The third-order valence-electron chi connectivity index (χ3n) is 4.39. The molecule has 1 saturated heterocycles. The van der Waals surface area contributed by atoms with Crippen LogP contribution in [0.2, 0.25) is 0 Å². The van der Waals surface area contributed by atoms with Gasteiger partial charge >= 0.3 is 0 Å². The molecule has 140 valence electrons. The zero-order chi connectivity index (χ0) is 19.4. The molecule has 0 aliphatic carbocycles. The minimum Gasteiger partial charge on any atom is -0.508 e. The van der Waals surface area contributed by atoms with Crippen molar-refractivity contribution in [1.82, 2.24) is 9.80 Å². The van der Waals surface area contributed by atoms with E-state index in [0.717, 1.165) is 0 Å². The maximum Gasteiger partial charge on any atom is 0.254 e. The van der Waals surface area contributed by atoms with E-state index in [4.69, 9.17) is 0 Å². The highest BCUT2D eigenvalue weighted by molar-refractivity contribution is 5.95. The lowest BCUT2D eigenvalue weighted by atomic mass is 10.1. The van der Waals surface area contributed by atoms with Crippen LogP contribution in [0.5, 0.6) is 17.2 Å². The van der Waals surface area contributed by atoms with Gasteiger partial charge < -0.3 is 25.1 Å². The molecule has 0 aromatic heterocycles. The molecule has 2 aromatic carbocycles. The molecule has 1 fully saturated rings. The van der Waals surface area contributed by atoms with Crippen molar-refractivity contribution in [3.8, 4) is 17.2 Å². The van der Waals surface area contributed by atoms with Crippen molar-refractivity contribution in [3.05, 3.63) is 59.7 Å². The van der Waals surface area contributed by atoms with E-state index in [1.54, 1.807) is 21.9 Å². The number of aromatic hydroxyl groups is 3. The Labute approximate surface area is 156 Å². The van der Waals surface area contributed by atoms with Crippen LogP contribution in [0.3, 0.4) is 0 Å². The van der Waals surface area contributed by atoms with E-state index in [-0.39, 0.29) is 29.1 Å². The lowest BCUT2D eigenvalue weighted by Gasteiger charge is -2.34. The van der Waals surface area contributed by atoms with E-state index in [9.17, 15) is 24.9 Å². The molecular weight excluding hydrogens is 348 g/mol. The second kappa shape index (κ2) is 7.82. The minimum absolute atomic E-state index is 0.0392. The topological polar surface area (TPSA) is 101 Å². The summed E-state index contributed by atoms with van der Waals surface area (Å²) in [4.78, 5) is 28.0. The van der Waals surface area contributed by atoms with Gasteiger partial charge in [0.15, 0.2) is 0 Å². The molecule has 3 rings (SSSR count). The number of benzene rings is 2. The molecule has 0 unspecified atom stereocenters. The van der Waals surface area contributed by atoms with Crippen LogP contribution in [0.25, 0.3) is 6.08 Å². The molecule has 1 aliphatic heterocycles. The van der Waals surface area contributed by atoms with Gasteiger partial charge in [0.2, 0.25) is 5.91 Å². The molecule has 0 bridgehead atoms. The standard InChI is InChI=1S/C20H20N2O5/c23-16-3-1-2-15(12-16)20(27)22-10-8-21(9-11-22)19(26)7-5-14-4-6-17(24)13-18(14)25/h1-7,12-13,23-25H,8-11H2/b7-5+. The summed E-state index contributed by atoms with van der Waals surface area (Å²) < 4.78 is 0. The molecule has 0 spiro atoms. The van der Waals surface area contributed by atoms with Crippen LogP contribution >= 0.6 is 0 Å². The Bertz CT molecular complexity index is 886. The minimum atomic E-state index is -0.216. The molecular formula is C20H20N2O5. The summed E-state index contributed by atoms with van der Waals surface area (Å²) in [6, 6.07) is 10.3. The van der Waals surface area contributed by atoms with Gasteiger partial charge in [-0.1, -0.05) is 6.07 Å². The van der Waals surface area contributed by atoms with Gasteiger partial charge in [0.1, 0.15) is 17.2 Å². The van der Waals surface area contributed by atoms with Gasteiger partial charge in [-0.25, -0.2) is 0 Å². The Kier molecular flexibility index (Phi) is 5.30. The van der Waals surface area contributed by atoms with E-state index >= 15 is 0 Å². The van der Waals surface area contributed by atoms with Gasteiger partial charge in [-0.2, -0.15) is 0 Å². The quantitative estimate of drug-likeness (QED) is 0.717. The molecule has 1 aliphatic rings. The Morgan fingerprint density at radius 3 is 2.19 bits per heavy atom. The molecule has 7 nitrogen and oxygen atoms in total. The normalized spacial score (nSPS) is 14.5. The van der Waals surface area contributed by atoms with Gasteiger partial charge in [0.05, 0.1) is 0 Å². The number of carbonyl (C=O) groups is 2. The Balaban J connectivity index is 1.57. The van der Waals surface area contributed by atoms with Crippen molar-refractivity contribution in [2.75, 3.05) is 26.2 Å². The number of rotatable bonds is 3. The second-order valence-electron chi connectivity index (χ2n) is 6.24. The van der Waals surface area contributed by atoms with Gasteiger partial charge in [-0.15, -0.1) is 0 Å². The fraction of sp³-hybridized carbons (Fsp3) is 0.200. The highest BCUT2D eigenvalue weighted by atomic mass is 16.3. The highest BCUT2D eigenvalue weighted by Gasteiger charge is 2.24. The molecule has 27 heavy (non-hydrogen) atoms. The monoisotopic (exact) mass is 368 g/mol. The third-order valence-corrected chi connectivity index (χ3v) is 4.39. The number of phenols is 3. The predicted molar refractivity (Wildman–Crippen MR) is 99.4 cm³/mol. The Morgan fingerprint density at radius 1 is 0.852 bits per heavy atom. The SMILES string of the molecule is O=C(/C=C/c1ccc(O)cc1O)N1CCN(C(=O)c2cccc(O)c2)CC1. The first-order chi connectivity index (χ1) is 12.9. The van der Waals surface area contributed by atoms with Crippen LogP contribution in [0.4, 0.5) is 0 Å². The summed E-state index contributed by atoms with van der Waals surface area (Å²) in [5.74, 6) is -0.518. The first kappa shape index (κ1) is 18.3. The lowest BCUT2D eigenvalue weighted by Crippen LogP contribution is -2.50. The van der Waals surface area contributed by atoms with E-state index in [2.05, 4.69) is 0 Å². The Morgan fingerprint density at radius 2 is 1.52 bits per heavy atom. The maximum absolute atomic E-state index is 12.5. The summed E-state index contributed by atoms with van der Waals surface area (Å²) in [6.45, 7) is 1.60. The van der Waals surface area contributed by atoms with Crippen molar-refractivity contribution in [2.45, 2.75) is 0 Å². The van der Waals surface area contributed by atoms with Crippen LogP contribution < -0.4 is 0 Å². The molecule has 1 heterocycles. The second-order valence-corrected chi connectivity index (χ2v) is 6.24. The average Bonchev–Trinajstić information content (AvgIpc) is 2.66. The van der Waals surface area contributed by atoms with Gasteiger partial charge in [0, 0.05) is 49.4 Å². The van der Waals surface area contributed by atoms with Crippen LogP contribution in [-0.4, -0.2) is 63.1 Å². The molecule has 7 heteroatoms. The predicted octanol–water partition coefficient (Wildman–Crippen LogP) is 1.80. The zero-order valence-electron chi connectivity index (χ0n) is 14.6. The van der Waals surface area contributed by atoms with Crippen molar-refractivity contribution in [3.63, 3.8) is 0 Å². The van der Waals surface area contributed by atoms with Crippen LogP contribution in [0, 0.1) is 0 Å². The fourth-order valence-electron chi connectivity index (χ4n) is 2.89. The number of hydrogen-bond acceptors (Lipinski definition) is 5. The zero-order valence-corrected chi connectivity index (χ0v) is 14.6. The van der Waals surface area contributed by atoms with E-state index in [0.29, 0.717) is 37.3 Å². The number of nitrogens with zero attached hydrogens (tertiary/aromatic N) is 2. The van der Waals surface area contributed by atoms with Gasteiger partial charge in [0.25, 0.3) is 5.91 Å². The number of piperazine rings is 1. The lowest BCUT2D eigenvalue weighted by molar-refractivity contribution is -0.127. The molecule has 2 amide bonds. The summed E-state index contributed by atoms with van der Waals surface area (Å²) in [6.07, 6.45) is 2.85. The third kappa shape index (κ3) is 4.38. The average molecular weight is 368 g/mol. The first-order valence-electron chi connectivity index (χ1n) is 8.51. The highest BCUT2D eigenvalue weighted by Crippen LogP contribution is 2.23. The molecule has 0 atom stereocenters. The number of amides is 2. The first-order valence-corrected chi connectivity index (χ1v) is 8.51. The molecule has 3 N–H and O–H groups in total.